The lowest BCUT2D eigenvalue weighted by molar-refractivity contribution is -0.123. The number of esters is 1. The molecular formula is C23H21N3O4. The van der Waals surface area contributed by atoms with Crippen molar-refractivity contribution in [2.24, 2.45) is 0 Å². The van der Waals surface area contributed by atoms with Gasteiger partial charge in [0, 0.05) is 40.2 Å². The van der Waals surface area contributed by atoms with Gasteiger partial charge < -0.3 is 19.6 Å². The molecule has 30 heavy (non-hydrogen) atoms. The van der Waals surface area contributed by atoms with E-state index < -0.39 is 23.5 Å². The fraction of sp³-hybridized carbons (Fsp3) is 0.174. The number of anilines is 1. The van der Waals surface area contributed by atoms with E-state index >= 15 is 0 Å². The summed E-state index contributed by atoms with van der Waals surface area (Å²) in [4.78, 5) is 38.8. The van der Waals surface area contributed by atoms with E-state index in [-0.39, 0.29) is 5.56 Å². The minimum Gasteiger partial charge on any atom is -0.449 e. The van der Waals surface area contributed by atoms with Gasteiger partial charge in [0.05, 0.1) is 0 Å². The second kappa shape index (κ2) is 7.87. The number of nitrogens with one attached hydrogen (secondary N) is 2. The van der Waals surface area contributed by atoms with E-state index in [0.29, 0.717) is 5.69 Å². The first-order valence-corrected chi connectivity index (χ1v) is 9.70. The lowest BCUT2D eigenvalue weighted by Crippen LogP contribution is -2.31. The highest BCUT2D eigenvalue weighted by atomic mass is 16.5. The minimum absolute atomic E-state index is 0.147. The van der Waals surface area contributed by atoms with Crippen molar-refractivity contribution in [3.05, 3.63) is 76.7 Å². The van der Waals surface area contributed by atoms with Gasteiger partial charge in [-0.3, -0.25) is 9.59 Å². The summed E-state index contributed by atoms with van der Waals surface area (Å²) < 4.78 is 7.38. The van der Waals surface area contributed by atoms with E-state index in [0.717, 1.165) is 28.4 Å². The summed E-state index contributed by atoms with van der Waals surface area (Å²) in [6, 6.07) is 16.7. The highest BCUT2D eigenvalue weighted by Crippen LogP contribution is 2.31. The zero-order valence-corrected chi connectivity index (χ0v) is 16.6. The van der Waals surface area contributed by atoms with Crippen LogP contribution in [-0.4, -0.2) is 27.5 Å². The van der Waals surface area contributed by atoms with Gasteiger partial charge in [-0.05, 0) is 50.2 Å². The Bertz CT molecular complexity index is 1320. The highest BCUT2D eigenvalue weighted by molar-refractivity contribution is 6.10. The molecule has 0 spiro atoms. The van der Waals surface area contributed by atoms with Gasteiger partial charge in [0.2, 0.25) is 0 Å². The summed E-state index contributed by atoms with van der Waals surface area (Å²) in [6.45, 7) is 4.39. The number of pyridine rings is 1. The number of carbonyl (C=O) groups excluding carboxylic acids is 2. The molecule has 0 aliphatic carbocycles. The summed E-state index contributed by atoms with van der Waals surface area (Å²) in [5, 5.41) is 4.92. The molecule has 0 bridgehead atoms. The Morgan fingerprint density at radius 2 is 1.83 bits per heavy atom. The Labute approximate surface area is 172 Å². The first kappa shape index (κ1) is 19.4. The van der Waals surface area contributed by atoms with E-state index in [2.05, 4.69) is 33.9 Å². The molecule has 4 rings (SSSR count). The van der Waals surface area contributed by atoms with Crippen LogP contribution in [0.3, 0.4) is 0 Å². The minimum atomic E-state index is -1.07. The second-order valence-electron chi connectivity index (χ2n) is 6.94. The van der Waals surface area contributed by atoms with Gasteiger partial charge in [0.25, 0.3) is 11.5 Å². The molecule has 0 saturated heterocycles. The van der Waals surface area contributed by atoms with Gasteiger partial charge in [-0.1, -0.05) is 18.2 Å². The van der Waals surface area contributed by atoms with Crippen LogP contribution in [0.25, 0.3) is 21.8 Å². The van der Waals surface area contributed by atoms with Crippen molar-refractivity contribution in [1.29, 1.82) is 0 Å². The summed E-state index contributed by atoms with van der Waals surface area (Å²) in [6.07, 6.45) is 0.353. The van der Waals surface area contributed by atoms with Gasteiger partial charge in [0.1, 0.15) is 5.56 Å². The summed E-state index contributed by atoms with van der Waals surface area (Å²) in [7, 11) is 0. The van der Waals surface area contributed by atoms with Crippen LogP contribution in [0.1, 0.15) is 24.2 Å². The molecule has 2 aromatic heterocycles. The number of H-pyrrole nitrogens is 1. The Morgan fingerprint density at radius 3 is 2.60 bits per heavy atom. The number of aromatic amines is 1. The number of nitrogens with zero attached hydrogens (tertiary/aromatic N) is 1. The molecular weight excluding hydrogens is 382 g/mol. The molecule has 0 saturated carbocycles. The van der Waals surface area contributed by atoms with Crippen LogP contribution in [0.2, 0.25) is 0 Å². The lowest BCUT2D eigenvalue weighted by Gasteiger charge is -2.13. The summed E-state index contributed by atoms with van der Waals surface area (Å²) in [5.41, 5.74) is 2.11. The van der Waals surface area contributed by atoms with Crippen molar-refractivity contribution < 1.29 is 14.3 Å². The molecule has 0 unspecified atom stereocenters. The van der Waals surface area contributed by atoms with E-state index in [9.17, 15) is 14.4 Å². The largest absolute Gasteiger partial charge is 0.449 e. The van der Waals surface area contributed by atoms with Crippen LogP contribution >= 0.6 is 0 Å². The Morgan fingerprint density at radius 1 is 1.07 bits per heavy atom. The van der Waals surface area contributed by atoms with Crippen LogP contribution in [-0.2, 0) is 16.1 Å². The van der Waals surface area contributed by atoms with Gasteiger partial charge >= 0.3 is 5.97 Å². The quantitative estimate of drug-likeness (QED) is 0.497. The number of hydrogen-bond donors (Lipinski definition) is 2. The first-order valence-electron chi connectivity index (χ1n) is 9.70. The van der Waals surface area contributed by atoms with Crippen molar-refractivity contribution in [2.75, 3.05) is 5.32 Å². The molecule has 4 aromatic rings. The third kappa shape index (κ3) is 3.45. The molecule has 7 heteroatoms. The monoisotopic (exact) mass is 403 g/mol. The zero-order chi connectivity index (χ0) is 21.3. The first-order chi connectivity index (χ1) is 14.5. The average Bonchev–Trinajstić information content (AvgIpc) is 3.07. The second-order valence-corrected chi connectivity index (χ2v) is 6.94. The smallest absolute Gasteiger partial charge is 0.344 e. The molecule has 2 aromatic carbocycles. The number of ether oxygens (including phenoxy) is 1. The molecule has 1 amide bonds. The number of fused-ring (bicyclic) bond motifs is 3. The molecule has 2 N–H and O–H groups in total. The fourth-order valence-corrected chi connectivity index (χ4v) is 3.58. The summed E-state index contributed by atoms with van der Waals surface area (Å²) in [5.74, 6) is -1.32. The molecule has 2 heterocycles. The molecule has 0 aliphatic rings. The fourth-order valence-electron chi connectivity index (χ4n) is 3.58. The lowest BCUT2D eigenvalue weighted by atomic mass is 10.1. The Hall–Kier alpha value is -3.87. The average molecular weight is 403 g/mol. The Kier molecular flexibility index (Phi) is 5.10. The number of benzene rings is 2. The van der Waals surface area contributed by atoms with E-state index in [1.807, 2.05) is 30.3 Å². The van der Waals surface area contributed by atoms with Crippen LogP contribution in [0.4, 0.5) is 5.69 Å². The standard InChI is InChI=1S/C23H21N3O4/c1-3-26-19-9-5-4-7-16(19)18-13-15(10-11-20(18)26)25-21(27)14(2)30-23(29)17-8-6-12-24-22(17)28/h4-14H,3H2,1-2H3,(H,24,28)(H,25,27)/t14-/m1/s1. The van der Waals surface area contributed by atoms with Crippen molar-refractivity contribution in [3.63, 3.8) is 0 Å². The van der Waals surface area contributed by atoms with Gasteiger partial charge in [-0.25, -0.2) is 4.79 Å². The van der Waals surface area contributed by atoms with Crippen LogP contribution in [0, 0.1) is 0 Å². The van der Waals surface area contributed by atoms with Gasteiger partial charge in [0.15, 0.2) is 6.10 Å². The third-order valence-electron chi connectivity index (χ3n) is 5.05. The van der Waals surface area contributed by atoms with Crippen molar-refractivity contribution in [1.82, 2.24) is 9.55 Å². The van der Waals surface area contributed by atoms with E-state index in [4.69, 9.17) is 4.74 Å². The number of hydrogen-bond acceptors (Lipinski definition) is 4. The SMILES string of the molecule is CCn1c2ccccc2c2cc(NC(=O)[C@@H](C)OC(=O)c3ccc[nH]c3=O)ccc21. The Balaban J connectivity index is 1.55. The molecule has 0 radical (unpaired) electrons. The van der Waals surface area contributed by atoms with E-state index in [1.54, 1.807) is 0 Å². The molecule has 152 valence electrons. The van der Waals surface area contributed by atoms with E-state index in [1.165, 1.54) is 25.3 Å². The highest BCUT2D eigenvalue weighted by Gasteiger charge is 2.21. The van der Waals surface area contributed by atoms with Crippen LogP contribution in [0.5, 0.6) is 0 Å². The number of amides is 1. The van der Waals surface area contributed by atoms with Crippen LogP contribution < -0.4 is 10.9 Å². The maximum absolute atomic E-state index is 12.5. The van der Waals surface area contributed by atoms with Crippen molar-refractivity contribution in [2.45, 2.75) is 26.5 Å². The number of aromatic nitrogens is 2. The van der Waals surface area contributed by atoms with Gasteiger partial charge in [-0.2, -0.15) is 0 Å². The third-order valence-corrected chi connectivity index (χ3v) is 5.05. The molecule has 0 aliphatic heterocycles. The van der Waals surface area contributed by atoms with Crippen molar-refractivity contribution in [3.8, 4) is 0 Å². The number of rotatable bonds is 5. The van der Waals surface area contributed by atoms with Gasteiger partial charge in [-0.15, -0.1) is 0 Å². The van der Waals surface area contributed by atoms with Crippen molar-refractivity contribution >= 4 is 39.4 Å². The predicted molar refractivity (Wildman–Crippen MR) is 116 cm³/mol. The molecule has 7 nitrogen and oxygen atoms in total. The normalized spacial score (nSPS) is 12.1. The summed E-state index contributed by atoms with van der Waals surface area (Å²) >= 11 is 0. The van der Waals surface area contributed by atoms with Crippen LogP contribution in [0.15, 0.2) is 65.6 Å². The number of aryl methyl sites for hydroxylation is 1. The maximum atomic E-state index is 12.5. The predicted octanol–water partition coefficient (Wildman–Crippen LogP) is 3.69. The zero-order valence-electron chi connectivity index (χ0n) is 16.6. The topological polar surface area (TPSA) is 93.2 Å². The number of para-hydroxylation sites is 1. The number of carbonyl (C=O) groups is 2. The maximum Gasteiger partial charge on any atom is 0.344 e. The molecule has 0 fully saturated rings. The molecule has 1 atom stereocenters.